The smallest absolute Gasteiger partial charge is 0.771 e. The number of carboxylic acid groups (broad SMARTS) is 2. The third-order valence-corrected chi connectivity index (χ3v) is 4.81. The Morgan fingerprint density at radius 3 is 1.23 bits per heavy atom. The van der Waals surface area contributed by atoms with E-state index in [1.54, 1.807) is 27.7 Å². The number of aliphatic carboxylic acids is 2. The first-order valence-electron chi connectivity index (χ1n) is 11.0. The molecule has 17 nitrogen and oxygen atoms in total. The first-order chi connectivity index (χ1) is 17.5. The van der Waals surface area contributed by atoms with E-state index in [4.69, 9.17) is 56.9 Å². The number of aliphatic hydroxyl groups is 1. The molecule has 19 heteroatoms. The van der Waals surface area contributed by atoms with E-state index in [0.717, 1.165) is 0 Å². The molecule has 0 amide bonds. The van der Waals surface area contributed by atoms with Gasteiger partial charge in [-0.15, -0.1) is 0 Å². The molecular formula is C21H37N10NaO7S. The van der Waals surface area contributed by atoms with Gasteiger partial charge in [0.1, 0.15) is 28.7 Å². The van der Waals surface area contributed by atoms with Crippen molar-refractivity contribution in [1.29, 1.82) is 21.3 Å². The van der Waals surface area contributed by atoms with Crippen LogP contribution in [-0.4, -0.2) is 75.8 Å². The Hall–Kier alpha value is -2.87. The van der Waals surface area contributed by atoms with Crippen molar-refractivity contribution < 1.29 is 63.2 Å². The quantitative estimate of drug-likeness (QED) is 0.0418. The standard InChI is InChI=1S/C12H16N4O4.C8H18N6.CH4O3S.Na/c1-11(7-13,5-3-9(17)18)15-16-12(2,8-14)6-4-10(19)20;1-7(2,5(9)10)13-14-8(3,4)6(11)12;2-1-5(3)4;/h3-6H2,1-2H3,(H,17,18)(H,19,20);1-4H3,(H3,9,10)(H3,11,12);2H,1H2,(H,3,4);/q;;;+1/p-1. The summed E-state index contributed by atoms with van der Waals surface area (Å²) in [5.74, 6) is -3.03. The predicted molar refractivity (Wildman–Crippen MR) is 139 cm³/mol. The normalized spacial score (nSPS) is 14.8. The molecule has 0 heterocycles. The van der Waals surface area contributed by atoms with E-state index in [1.165, 1.54) is 13.8 Å². The van der Waals surface area contributed by atoms with E-state index in [9.17, 15) is 9.59 Å². The Labute approximate surface area is 257 Å². The van der Waals surface area contributed by atoms with Crippen LogP contribution in [-0.2, 0) is 20.7 Å². The van der Waals surface area contributed by atoms with Gasteiger partial charge in [0.05, 0.1) is 12.1 Å². The van der Waals surface area contributed by atoms with Gasteiger partial charge in [0.15, 0.2) is 11.1 Å². The molecule has 0 bridgehead atoms. The molecule has 0 saturated carbocycles. The summed E-state index contributed by atoms with van der Waals surface area (Å²) < 4.78 is 18.2. The zero-order valence-corrected chi connectivity index (χ0v) is 26.6. The topological polar surface area (TPSA) is 332 Å². The van der Waals surface area contributed by atoms with Crippen LogP contribution in [0.25, 0.3) is 0 Å². The molecule has 0 aromatic heterocycles. The summed E-state index contributed by atoms with van der Waals surface area (Å²) in [5, 5.41) is 72.6. The second-order valence-corrected chi connectivity index (χ2v) is 10.2. The Kier molecular flexibility index (Phi) is 22.2. The van der Waals surface area contributed by atoms with E-state index in [1.807, 2.05) is 12.1 Å². The van der Waals surface area contributed by atoms with Crippen LogP contribution < -0.4 is 41.0 Å². The molecule has 0 aromatic rings. The van der Waals surface area contributed by atoms with E-state index in [2.05, 4.69) is 20.5 Å². The summed E-state index contributed by atoms with van der Waals surface area (Å²) in [6.45, 7) is 9.52. The van der Waals surface area contributed by atoms with E-state index >= 15 is 0 Å². The fraction of sp³-hybridized carbons (Fsp3) is 0.714. The number of carboxylic acids is 2. The summed E-state index contributed by atoms with van der Waals surface area (Å²) in [6.07, 6.45) is -0.575. The van der Waals surface area contributed by atoms with Crippen molar-refractivity contribution >= 4 is 34.7 Å². The first kappa shape index (κ1) is 44.2. The van der Waals surface area contributed by atoms with Crippen LogP contribution in [0.5, 0.6) is 0 Å². The van der Waals surface area contributed by atoms with Gasteiger partial charge >= 0.3 is 41.5 Å². The molecule has 0 aliphatic carbocycles. The summed E-state index contributed by atoms with van der Waals surface area (Å²) >= 11 is -2.27. The monoisotopic (exact) mass is 596 g/mol. The van der Waals surface area contributed by atoms with Crippen molar-refractivity contribution in [2.75, 3.05) is 5.94 Å². The maximum atomic E-state index is 10.5. The number of carbonyl (C=O) groups is 2. The molecule has 3 unspecified atom stereocenters. The van der Waals surface area contributed by atoms with Gasteiger partial charge in [0.25, 0.3) is 0 Å². The van der Waals surface area contributed by atoms with Crippen molar-refractivity contribution in [3.8, 4) is 12.1 Å². The average molecular weight is 597 g/mol. The Morgan fingerprint density at radius 1 is 0.825 bits per heavy atom. The van der Waals surface area contributed by atoms with Crippen molar-refractivity contribution in [3.05, 3.63) is 0 Å². The van der Waals surface area contributed by atoms with Gasteiger partial charge in [0, 0.05) is 12.8 Å². The predicted octanol–water partition coefficient (Wildman–Crippen LogP) is -1.58. The second kappa shape index (κ2) is 20.1. The second-order valence-electron chi connectivity index (χ2n) is 9.34. The van der Waals surface area contributed by atoms with E-state index < -0.39 is 51.1 Å². The minimum absolute atomic E-state index is 0. The maximum absolute atomic E-state index is 10.5. The van der Waals surface area contributed by atoms with Crippen molar-refractivity contribution in [2.45, 2.75) is 89.4 Å². The molecule has 0 aliphatic heterocycles. The van der Waals surface area contributed by atoms with Crippen LogP contribution in [0.15, 0.2) is 20.5 Å². The van der Waals surface area contributed by atoms with E-state index in [-0.39, 0.29) is 66.9 Å². The Balaban J connectivity index is -0.000000282. The fourth-order valence-electron chi connectivity index (χ4n) is 1.54. The van der Waals surface area contributed by atoms with Crippen molar-refractivity contribution in [1.82, 2.24) is 0 Å². The molecular weight excluding hydrogens is 559 g/mol. The number of rotatable bonds is 13. The number of nitrogens with one attached hydrogen (secondary N) is 2. The number of aliphatic hydroxyl groups excluding tert-OH is 1. The maximum Gasteiger partial charge on any atom is 1.00 e. The van der Waals surface area contributed by atoms with Crippen molar-refractivity contribution in [3.63, 3.8) is 0 Å². The molecule has 9 N–H and O–H groups in total. The number of hydrogen-bond acceptors (Lipinski definition) is 13. The molecule has 0 spiro atoms. The number of nitriles is 2. The van der Waals surface area contributed by atoms with Gasteiger partial charge in [-0.3, -0.25) is 24.6 Å². The molecule has 0 radical (unpaired) electrons. The van der Waals surface area contributed by atoms with Gasteiger partial charge in [-0.1, -0.05) is 0 Å². The van der Waals surface area contributed by atoms with Crippen LogP contribution in [0.4, 0.5) is 0 Å². The molecule has 0 aliphatic rings. The van der Waals surface area contributed by atoms with Gasteiger partial charge < -0.3 is 31.3 Å². The number of nitrogens with two attached hydrogens (primary N) is 2. The van der Waals surface area contributed by atoms with Gasteiger partial charge in [-0.25, -0.2) is 0 Å². The Bertz CT molecular complexity index is 968. The van der Waals surface area contributed by atoms with Crippen LogP contribution in [0.2, 0.25) is 0 Å². The third-order valence-electron chi connectivity index (χ3n) is 4.60. The van der Waals surface area contributed by atoms with Crippen LogP contribution in [0.3, 0.4) is 0 Å². The number of azo groups is 2. The fourth-order valence-corrected chi connectivity index (χ4v) is 1.54. The molecule has 0 rings (SSSR count). The molecule has 220 valence electrons. The van der Waals surface area contributed by atoms with E-state index in [0.29, 0.717) is 0 Å². The zero-order valence-electron chi connectivity index (χ0n) is 23.8. The number of amidine groups is 2. The van der Waals surface area contributed by atoms with Crippen LogP contribution in [0, 0.1) is 33.5 Å². The van der Waals surface area contributed by atoms with Crippen molar-refractivity contribution in [2.24, 2.45) is 31.9 Å². The number of nitrogens with zero attached hydrogens (tertiary/aromatic N) is 6. The minimum atomic E-state index is -2.27. The van der Waals surface area contributed by atoms with Gasteiger partial charge in [0.2, 0.25) is 0 Å². The summed E-state index contributed by atoms with van der Waals surface area (Å²) in [7, 11) is 0. The summed E-state index contributed by atoms with van der Waals surface area (Å²) in [6, 6.07) is 3.69. The molecule has 0 saturated heterocycles. The molecule has 40 heavy (non-hydrogen) atoms. The number of hydrogen-bond donors (Lipinski definition) is 7. The summed E-state index contributed by atoms with van der Waals surface area (Å²) in [5.41, 5.74) is 6.26. The van der Waals surface area contributed by atoms with Gasteiger partial charge in [-0.05, 0) is 65.5 Å². The van der Waals surface area contributed by atoms with Gasteiger partial charge in [-0.2, -0.15) is 31.0 Å². The zero-order chi connectivity index (χ0) is 31.7. The molecule has 0 aromatic carbocycles. The first-order valence-corrected chi connectivity index (χ1v) is 12.3. The minimum Gasteiger partial charge on any atom is -0.771 e. The summed E-state index contributed by atoms with van der Waals surface area (Å²) in [4.78, 5) is 21.0. The Morgan fingerprint density at radius 2 is 1.07 bits per heavy atom. The molecule has 3 atom stereocenters. The SMILES string of the molecule is CC(C#N)(CCC(=O)O)N=NC(C)(C#N)CCC(=O)O.CC(C)(N=NC(C)(C)C(=N)N)C(=N)N.O=S([O-])CO.[Na+]. The average Bonchev–Trinajstić information content (AvgIpc) is 2.84. The largest absolute Gasteiger partial charge is 1.00 e. The van der Waals surface area contributed by atoms with Crippen LogP contribution >= 0.6 is 0 Å². The van der Waals surface area contributed by atoms with Crippen LogP contribution in [0.1, 0.15) is 67.2 Å². The third kappa shape index (κ3) is 22.0. The molecule has 0 fully saturated rings.